The van der Waals surface area contributed by atoms with Crippen LogP contribution >= 0.6 is 0 Å². The number of carbonyl (C=O) groups is 2. The lowest BCUT2D eigenvalue weighted by Gasteiger charge is -2.20. The lowest BCUT2D eigenvalue weighted by Crippen LogP contribution is -2.41. The Hall–Kier alpha value is -2.77. The van der Waals surface area contributed by atoms with Gasteiger partial charge in [0.15, 0.2) is 0 Å². The van der Waals surface area contributed by atoms with Crippen LogP contribution in [0.4, 0.5) is 0 Å². The SMILES string of the molecule is C[C@@H](NC(=O)CN1CCCCCC1=O)c1nc(-c2cccnc2)no1. The monoisotopic (exact) mass is 343 g/mol. The van der Waals surface area contributed by atoms with Crippen LogP contribution in [0.5, 0.6) is 0 Å². The van der Waals surface area contributed by atoms with E-state index in [1.165, 1.54) is 0 Å². The Bertz CT molecular complexity index is 731. The van der Waals surface area contributed by atoms with Gasteiger partial charge in [-0.05, 0) is 31.9 Å². The molecule has 3 heterocycles. The van der Waals surface area contributed by atoms with Gasteiger partial charge in [0.05, 0.1) is 6.54 Å². The van der Waals surface area contributed by atoms with Gasteiger partial charge in [-0.25, -0.2) is 0 Å². The molecule has 1 fully saturated rings. The molecular weight excluding hydrogens is 322 g/mol. The van der Waals surface area contributed by atoms with Gasteiger partial charge in [-0.1, -0.05) is 11.6 Å². The molecule has 2 aromatic heterocycles. The molecule has 25 heavy (non-hydrogen) atoms. The van der Waals surface area contributed by atoms with Gasteiger partial charge in [-0.3, -0.25) is 14.6 Å². The number of nitrogens with one attached hydrogen (secondary N) is 1. The predicted molar refractivity (Wildman–Crippen MR) is 89.1 cm³/mol. The van der Waals surface area contributed by atoms with E-state index in [2.05, 4.69) is 20.4 Å². The smallest absolute Gasteiger partial charge is 0.249 e. The highest BCUT2D eigenvalue weighted by Crippen LogP contribution is 2.17. The number of likely N-dealkylation sites (tertiary alicyclic amines) is 1. The Labute approximate surface area is 145 Å². The summed E-state index contributed by atoms with van der Waals surface area (Å²) in [5, 5.41) is 6.72. The van der Waals surface area contributed by atoms with Crippen molar-refractivity contribution in [2.75, 3.05) is 13.1 Å². The minimum atomic E-state index is -0.437. The number of hydrogen-bond acceptors (Lipinski definition) is 6. The molecule has 1 aliphatic heterocycles. The van der Waals surface area contributed by atoms with Crippen LogP contribution in [0.25, 0.3) is 11.4 Å². The number of amides is 2. The molecule has 2 aromatic rings. The number of hydrogen-bond donors (Lipinski definition) is 1. The molecule has 0 unspecified atom stereocenters. The van der Waals surface area contributed by atoms with Gasteiger partial charge in [-0.2, -0.15) is 4.98 Å². The zero-order valence-electron chi connectivity index (χ0n) is 14.1. The molecule has 0 radical (unpaired) electrons. The molecule has 8 nitrogen and oxygen atoms in total. The molecule has 1 aliphatic rings. The average molecular weight is 343 g/mol. The van der Waals surface area contributed by atoms with E-state index in [0.29, 0.717) is 24.7 Å². The maximum Gasteiger partial charge on any atom is 0.249 e. The van der Waals surface area contributed by atoms with Crippen LogP contribution in [0, 0.1) is 0 Å². The van der Waals surface area contributed by atoms with Gasteiger partial charge in [-0.15, -0.1) is 0 Å². The Balaban J connectivity index is 1.58. The first-order valence-electron chi connectivity index (χ1n) is 8.44. The third-order valence-electron chi connectivity index (χ3n) is 4.12. The van der Waals surface area contributed by atoms with Crippen LogP contribution in [-0.4, -0.2) is 44.9 Å². The van der Waals surface area contributed by atoms with Gasteiger partial charge < -0.3 is 14.7 Å². The third-order valence-corrected chi connectivity index (χ3v) is 4.12. The topological polar surface area (TPSA) is 101 Å². The van der Waals surface area contributed by atoms with Crippen LogP contribution in [0.2, 0.25) is 0 Å². The maximum atomic E-state index is 12.2. The van der Waals surface area contributed by atoms with Crippen LogP contribution in [0.3, 0.4) is 0 Å². The van der Waals surface area contributed by atoms with E-state index in [4.69, 9.17) is 4.52 Å². The number of nitrogens with zero attached hydrogens (tertiary/aromatic N) is 4. The van der Waals surface area contributed by atoms with Gasteiger partial charge in [0.1, 0.15) is 6.04 Å². The molecule has 0 aliphatic carbocycles. The summed E-state index contributed by atoms with van der Waals surface area (Å²) in [5.74, 6) is 0.544. The summed E-state index contributed by atoms with van der Waals surface area (Å²) in [6.45, 7) is 2.46. The molecular formula is C17H21N5O3. The summed E-state index contributed by atoms with van der Waals surface area (Å²) in [6, 6.07) is 3.18. The third kappa shape index (κ3) is 4.40. The van der Waals surface area contributed by atoms with E-state index in [1.807, 2.05) is 6.07 Å². The molecule has 8 heteroatoms. The summed E-state index contributed by atoms with van der Waals surface area (Å²) in [6.07, 6.45) is 6.68. The minimum absolute atomic E-state index is 0.0388. The van der Waals surface area contributed by atoms with E-state index < -0.39 is 6.04 Å². The molecule has 3 rings (SSSR count). The quantitative estimate of drug-likeness (QED) is 0.887. The zero-order chi connectivity index (χ0) is 17.6. The van der Waals surface area contributed by atoms with Crippen molar-refractivity contribution in [1.82, 2.24) is 25.3 Å². The van der Waals surface area contributed by atoms with Crippen molar-refractivity contribution in [3.63, 3.8) is 0 Å². The van der Waals surface area contributed by atoms with E-state index in [-0.39, 0.29) is 18.4 Å². The highest BCUT2D eigenvalue weighted by atomic mass is 16.5. The first-order valence-corrected chi connectivity index (χ1v) is 8.44. The molecule has 2 amide bonds. The Morgan fingerprint density at radius 1 is 1.40 bits per heavy atom. The summed E-state index contributed by atoms with van der Waals surface area (Å²) in [5.41, 5.74) is 0.742. The summed E-state index contributed by atoms with van der Waals surface area (Å²) < 4.78 is 5.23. The number of aromatic nitrogens is 3. The fourth-order valence-electron chi connectivity index (χ4n) is 2.75. The van der Waals surface area contributed by atoms with Crippen molar-refractivity contribution in [2.45, 2.75) is 38.6 Å². The van der Waals surface area contributed by atoms with Crippen LogP contribution < -0.4 is 5.32 Å². The van der Waals surface area contributed by atoms with E-state index >= 15 is 0 Å². The maximum absolute atomic E-state index is 12.2. The minimum Gasteiger partial charge on any atom is -0.343 e. The molecule has 132 valence electrons. The molecule has 0 spiro atoms. The van der Waals surface area contributed by atoms with E-state index in [0.717, 1.165) is 24.8 Å². The van der Waals surface area contributed by atoms with Crippen molar-refractivity contribution in [2.24, 2.45) is 0 Å². The van der Waals surface area contributed by atoms with Crippen LogP contribution in [-0.2, 0) is 9.59 Å². The van der Waals surface area contributed by atoms with Crippen molar-refractivity contribution in [3.8, 4) is 11.4 Å². The molecule has 0 bridgehead atoms. The van der Waals surface area contributed by atoms with Crippen LogP contribution in [0.1, 0.15) is 44.5 Å². The van der Waals surface area contributed by atoms with Crippen molar-refractivity contribution in [1.29, 1.82) is 0 Å². The fourth-order valence-corrected chi connectivity index (χ4v) is 2.75. The predicted octanol–water partition coefficient (Wildman–Crippen LogP) is 1.71. The highest BCUT2D eigenvalue weighted by molar-refractivity contribution is 5.85. The van der Waals surface area contributed by atoms with Gasteiger partial charge in [0.25, 0.3) is 0 Å². The van der Waals surface area contributed by atoms with Crippen LogP contribution in [0.15, 0.2) is 29.0 Å². The molecule has 1 saturated heterocycles. The Kier molecular flexibility index (Phi) is 5.37. The highest BCUT2D eigenvalue weighted by Gasteiger charge is 2.22. The molecule has 1 atom stereocenters. The fraction of sp³-hybridized carbons (Fsp3) is 0.471. The van der Waals surface area contributed by atoms with E-state index in [9.17, 15) is 9.59 Å². The first-order chi connectivity index (χ1) is 12.1. The van der Waals surface area contributed by atoms with Crippen molar-refractivity contribution < 1.29 is 14.1 Å². The number of rotatable bonds is 5. The molecule has 0 aromatic carbocycles. The Morgan fingerprint density at radius 3 is 3.08 bits per heavy atom. The number of carbonyl (C=O) groups excluding carboxylic acids is 2. The molecule has 1 N–H and O–H groups in total. The van der Waals surface area contributed by atoms with Crippen molar-refractivity contribution >= 4 is 11.8 Å². The second kappa shape index (κ2) is 7.87. The van der Waals surface area contributed by atoms with Crippen molar-refractivity contribution in [3.05, 3.63) is 30.4 Å². The normalized spacial score (nSPS) is 16.4. The lowest BCUT2D eigenvalue weighted by atomic mass is 10.2. The summed E-state index contributed by atoms with van der Waals surface area (Å²) >= 11 is 0. The Morgan fingerprint density at radius 2 is 2.28 bits per heavy atom. The summed E-state index contributed by atoms with van der Waals surface area (Å²) in [7, 11) is 0. The van der Waals surface area contributed by atoms with Gasteiger partial charge in [0.2, 0.25) is 23.5 Å². The van der Waals surface area contributed by atoms with Gasteiger partial charge >= 0.3 is 0 Å². The zero-order valence-corrected chi connectivity index (χ0v) is 14.1. The average Bonchev–Trinajstić information content (AvgIpc) is 3.03. The number of pyridine rings is 1. The first kappa shape index (κ1) is 17.1. The lowest BCUT2D eigenvalue weighted by molar-refractivity contribution is -0.135. The largest absolute Gasteiger partial charge is 0.343 e. The van der Waals surface area contributed by atoms with E-state index in [1.54, 1.807) is 30.3 Å². The summed E-state index contributed by atoms with van der Waals surface area (Å²) in [4.78, 5) is 34.1. The molecule has 0 saturated carbocycles. The standard InChI is InChI=1S/C17H21N5O3/c1-12(17-20-16(21-25-17)13-6-5-8-18-10-13)19-14(23)11-22-9-4-2-3-7-15(22)24/h5-6,8,10,12H,2-4,7,9,11H2,1H3,(H,19,23)/t12-/m1/s1. The van der Waals surface area contributed by atoms with Gasteiger partial charge in [0, 0.05) is 30.9 Å². The second-order valence-corrected chi connectivity index (χ2v) is 6.11. The second-order valence-electron chi connectivity index (χ2n) is 6.11.